The molecule has 2 N–H and O–H groups in total. The minimum atomic E-state index is -1.65. The number of ether oxygens (including phenoxy) is 1. The summed E-state index contributed by atoms with van der Waals surface area (Å²) in [6.45, 7) is 2.01. The quantitative estimate of drug-likeness (QED) is 0.770. The van der Waals surface area contributed by atoms with E-state index in [2.05, 4.69) is 5.10 Å². The van der Waals surface area contributed by atoms with Crippen molar-refractivity contribution in [1.29, 1.82) is 0 Å². The molecule has 1 aromatic heterocycles. The van der Waals surface area contributed by atoms with Crippen LogP contribution in [0.3, 0.4) is 0 Å². The molecule has 0 amide bonds. The smallest absolute Gasteiger partial charge is 0.484 e. The molecule has 0 aliphatic rings. The monoisotopic (exact) mass is 264 g/mol. The van der Waals surface area contributed by atoms with E-state index < -0.39 is 12.9 Å². The first-order valence-electron chi connectivity index (χ1n) is 5.75. The second-order valence-electron chi connectivity index (χ2n) is 4.25. The molecule has 0 aliphatic heterocycles. The molecular formula is C12H14BFN2O3. The van der Waals surface area contributed by atoms with Crippen LogP contribution in [0.4, 0.5) is 4.39 Å². The van der Waals surface area contributed by atoms with Gasteiger partial charge < -0.3 is 14.8 Å². The van der Waals surface area contributed by atoms with E-state index >= 15 is 0 Å². The van der Waals surface area contributed by atoms with Crippen LogP contribution >= 0.6 is 0 Å². The molecule has 0 radical (unpaired) electrons. The first kappa shape index (κ1) is 13.6. The van der Waals surface area contributed by atoms with Gasteiger partial charge in [0.05, 0.1) is 11.4 Å². The Morgan fingerprint density at radius 3 is 2.68 bits per heavy atom. The highest BCUT2D eigenvalue weighted by molar-refractivity contribution is 6.58. The molecule has 0 saturated carbocycles. The van der Waals surface area contributed by atoms with E-state index in [0.29, 0.717) is 0 Å². The topological polar surface area (TPSA) is 67.5 Å². The molecule has 0 spiro atoms. The van der Waals surface area contributed by atoms with Crippen LogP contribution in [0.5, 0.6) is 5.75 Å². The third-order valence-electron chi connectivity index (χ3n) is 2.73. The summed E-state index contributed by atoms with van der Waals surface area (Å²) in [6, 6.07) is 5.53. The number of aromatic nitrogens is 2. The third kappa shape index (κ3) is 3.13. The normalized spacial score (nSPS) is 10.6. The highest BCUT2D eigenvalue weighted by Gasteiger charge is 2.14. The minimum Gasteiger partial charge on any atom is -0.484 e. The Kier molecular flexibility index (Phi) is 3.87. The van der Waals surface area contributed by atoms with Crippen molar-refractivity contribution in [3.63, 3.8) is 0 Å². The highest BCUT2D eigenvalue weighted by Crippen LogP contribution is 2.16. The molecule has 5 nitrogen and oxygen atoms in total. The fraction of sp³-hybridized carbons (Fsp3) is 0.250. The molecule has 100 valence electrons. The predicted octanol–water partition coefficient (Wildman–Crippen LogP) is 0.126. The molecule has 19 heavy (non-hydrogen) atoms. The van der Waals surface area contributed by atoms with Gasteiger partial charge >= 0.3 is 7.12 Å². The summed E-state index contributed by atoms with van der Waals surface area (Å²) in [5, 5.41) is 22.2. The third-order valence-corrected chi connectivity index (χ3v) is 2.73. The second kappa shape index (κ2) is 5.42. The van der Waals surface area contributed by atoms with E-state index in [0.717, 1.165) is 17.5 Å². The van der Waals surface area contributed by atoms with E-state index in [1.807, 2.05) is 13.0 Å². The van der Waals surface area contributed by atoms with Gasteiger partial charge in [-0.25, -0.2) is 4.39 Å². The zero-order valence-electron chi connectivity index (χ0n) is 10.7. The van der Waals surface area contributed by atoms with Gasteiger partial charge in [0.1, 0.15) is 6.61 Å². The Hall–Kier alpha value is -1.86. The molecule has 2 aromatic rings. The highest BCUT2D eigenvalue weighted by atomic mass is 19.1. The lowest BCUT2D eigenvalue weighted by atomic mass is 9.80. The SMILES string of the molecule is Cc1cc(COc2cc(B(O)O)ccc2F)n(C)n1. The van der Waals surface area contributed by atoms with Gasteiger partial charge in [-0.05, 0) is 30.6 Å². The summed E-state index contributed by atoms with van der Waals surface area (Å²) in [6.07, 6.45) is 0. The van der Waals surface area contributed by atoms with Crippen molar-refractivity contribution in [1.82, 2.24) is 9.78 Å². The van der Waals surface area contributed by atoms with Crippen molar-refractivity contribution in [3.8, 4) is 5.75 Å². The maximum atomic E-state index is 13.5. The molecule has 0 atom stereocenters. The molecular weight excluding hydrogens is 250 g/mol. The second-order valence-corrected chi connectivity index (χ2v) is 4.25. The maximum Gasteiger partial charge on any atom is 0.488 e. The van der Waals surface area contributed by atoms with Crippen molar-refractivity contribution < 1.29 is 19.2 Å². The van der Waals surface area contributed by atoms with E-state index in [1.54, 1.807) is 11.7 Å². The van der Waals surface area contributed by atoms with Gasteiger partial charge in [0.15, 0.2) is 11.6 Å². The van der Waals surface area contributed by atoms with Crippen molar-refractivity contribution >= 4 is 12.6 Å². The molecule has 0 fully saturated rings. The Labute approximate surface area is 110 Å². The van der Waals surface area contributed by atoms with Crippen LogP contribution in [0.25, 0.3) is 0 Å². The first-order chi connectivity index (χ1) is 8.97. The van der Waals surface area contributed by atoms with Crippen LogP contribution in [0.1, 0.15) is 11.4 Å². The number of benzene rings is 1. The zero-order valence-corrected chi connectivity index (χ0v) is 10.7. The lowest BCUT2D eigenvalue weighted by molar-refractivity contribution is 0.280. The van der Waals surface area contributed by atoms with Crippen LogP contribution in [-0.4, -0.2) is 26.9 Å². The first-order valence-corrected chi connectivity index (χ1v) is 5.75. The summed E-state index contributed by atoms with van der Waals surface area (Å²) >= 11 is 0. The average molecular weight is 264 g/mol. The molecule has 2 rings (SSSR count). The summed E-state index contributed by atoms with van der Waals surface area (Å²) < 4.78 is 20.5. The fourth-order valence-electron chi connectivity index (χ4n) is 1.74. The van der Waals surface area contributed by atoms with Gasteiger partial charge in [0, 0.05) is 7.05 Å². The van der Waals surface area contributed by atoms with Crippen molar-refractivity contribution in [2.24, 2.45) is 7.05 Å². The van der Waals surface area contributed by atoms with Crippen LogP contribution in [0.15, 0.2) is 24.3 Å². The Morgan fingerprint density at radius 1 is 1.37 bits per heavy atom. The predicted molar refractivity (Wildman–Crippen MR) is 68.5 cm³/mol. The van der Waals surface area contributed by atoms with Crippen LogP contribution < -0.4 is 10.2 Å². The van der Waals surface area contributed by atoms with Crippen molar-refractivity contribution in [2.45, 2.75) is 13.5 Å². The summed E-state index contributed by atoms with van der Waals surface area (Å²) in [5.41, 5.74) is 1.82. The van der Waals surface area contributed by atoms with Gasteiger partial charge in [0.25, 0.3) is 0 Å². The molecule has 0 unspecified atom stereocenters. The molecule has 1 aromatic carbocycles. The molecule has 0 bridgehead atoms. The molecule has 0 aliphatic carbocycles. The minimum absolute atomic E-state index is 0.0237. The van der Waals surface area contributed by atoms with Gasteiger partial charge in [0.2, 0.25) is 0 Å². The van der Waals surface area contributed by atoms with Gasteiger partial charge in [-0.2, -0.15) is 5.10 Å². The van der Waals surface area contributed by atoms with Crippen LogP contribution in [0.2, 0.25) is 0 Å². The van der Waals surface area contributed by atoms with Crippen molar-refractivity contribution in [3.05, 3.63) is 41.5 Å². The number of hydrogen-bond acceptors (Lipinski definition) is 4. The van der Waals surface area contributed by atoms with E-state index in [1.165, 1.54) is 12.1 Å². The van der Waals surface area contributed by atoms with Crippen LogP contribution in [0, 0.1) is 12.7 Å². The van der Waals surface area contributed by atoms with Crippen LogP contribution in [-0.2, 0) is 13.7 Å². The number of aryl methyl sites for hydroxylation is 2. The lowest BCUT2D eigenvalue weighted by Gasteiger charge is -2.09. The van der Waals surface area contributed by atoms with E-state index in [-0.39, 0.29) is 17.8 Å². The lowest BCUT2D eigenvalue weighted by Crippen LogP contribution is -2.29. The van der Waals surface area contributed by atoms with Gasteiger partial charge in [-0.3, -0.25) is 4.68 Å². The number of nitrogens with zero attached hydrogens (tertiary/aromatic N) is 2. The largest absolute Gasteiger partial charge is 0.488 e. The van der Waals surface area contributed by atoms with E-state index in [4.69, 9.17) is 14.8 Å². The van der Waals surface area contributed by atoms with Gasteiger partial charge in [-0.1, -0.05) is 6.07 Å². The molecule has 7 heteroatoms. The molecule has 1 heterocycles. The number of halogens is 1. The summed E-state index contributed by atoms with van der Waals surface area (Å²) in [7, 11) is 0.123. The summed E-state index contributed by atoms with van der Waals surface area (Å²) in [5.74, 6) is -0.576. The number of rotatable bonds is 4. The Balaban J connectivity index is 2.15. The Bertz CT molecular complexity index is 586. The van der Waals surface area contributed by atoms with Crippen molar-refractivity contribution in [2.75, 3.05) is 0 Å². The summed E-state index contributed by atoms with van der Waals surface area (Å²) in [4.78, 5) is 0. The Morgan fingerprint density at radius 2 is 2.11 bits per heavy atom. The average Bonchev–Trinajstić information content (AvgIpc) is 2.66. The van der Waals surface area contributed by atoms with E-state index in [9.17, 15) is 4.39 Å². The maximum absolute atomic E-state index is 13.5. The zero-order chi connectivity index (χ0) is 14.0. The number of hydrogen-bond donors (Lipinski definition) is 2. The fourth-order valence-corrected chi connectivity index (χ4v) is 1.74. The van der Waals surface area contributed by atoms with Gasteiger partial charge in [-0.15, -0.1) is 0 Å². The standard InChI is InChI=1S/C12H14BFN2O3/c1-8-5-10(16(2)15-8)7-19-12-6-9(13(17)18)3-4-11(12)14/h3-6,17-18H,7H2,1-2H3. The molecule has 0 saturated heterocycles.